The zero-order chi connectivity index (χ0) is 15.4. The van der Waals surface area contributed by atoms with Gasteiger partial charge in [-0.3, -0.25) is 0 Å². The van der Waals surface area contributed by atoms with Crippen LogP contribution < -0.4 is 10.2 Å². The zero-order valence-electron chi connectivity index (χ0n) is 13.7. The third-order valence-corrected chi connectivity index (χ3v) is 4.64. The molecule has 2 aromatic rings. The third-order valence-electron chi connectivity index (χ3n) is 3.47. The Morgan fingerprint density at radius 2 is 2.00 bits per heavy atom. The number of nitrogens with one attached hydrogen (secondary N) is 1. The number of thiophene rings is 1. The molecule has 0 unspecified atom stereocenters. The fraction of sp³-hybridized carbons (Fsp3) is 0.625. The van der Waals surface area contributed by atoms with Gasteiger partial charge in [-0.05, 0) is 39.7 Å². The van der Waals surface area contributed by atoms with E-state index in [2.05, 4.69) is 55.9 Å². The highest BCUT2D eigenvalue weighted by Crippen LogP contribution is 2.33. The molecule has 2 aromatic heterocycles. The number of fused-ring (bicyclic) bond motifs is 1. The van der Waals surface area contributed by atoms with E-state index in [1.165, 1.54) is 10.3 Å². The number of aromatic nitrogens is 2. The second kappa shape index (κ2) is 7.07. The number of anilines is 2. The Labute approximate surface area is 131 Å². The molecule has 1 N–H and O–H groups in total. The Hall–Kier alpha value is -1.36. The Morgan fingerprint density at radius 1 is 1.24 bits per heavy atom. The number of nitrogens with zero attached hydrogens (tertiary/aromatic N) is 3. The van der Waals surface area contributed by atoms with E-state index < -0.39 is 0 Å². The van der Waals surface area contributed by atoms with E-state index in [1.54, 1.807) is 11.3 Å². The van der Waals surface area contributed by atoms with E-state index in [0.29, 0.717) is 6.04 Å². The molecule has 0 saturated heterocycles. The number of aryl methyl sites for hydroxylation is 1. The van der Waals surface area contributed by atoms with E-state index >= 15 is 0 Å². The summed E-state index contributed by atoms with van der Waals surface area (Å²) in [6.07, 6.45) is 2.16. The Kier molecular flexibility index (Phi) is 5.39. The van der Waals surface area contributed by atoms with Gasteiger partial charge in [-0.1, -0.05) is 13.8 Å². The van der Waals surface area contributed by atoms with Gasteiger partial charge in [-0.15, -0.1) is 11.3 Å². The van der Waals surface area contributed by atoms with Crippen molar-refractivity contribution in [1.29, 1.82) is 0 Å². The van der Waals surface area contributed by atoms with Crippen LogP contribution in [0, 0.1) is 0 Å². The second-order valence-corrected chi connectivity index (χ2v) is 6.59. The molecule has 0 fully saturated rings. The average molecular weight is 306 g/mol. The lowest BCUT2D eigenvalue weighted by Gasteiger charge is -2.28. The summed E-state index contributed by atoms with van der Waals surface area (Å²) in [5.41, 5.74) is 0. The summed E-state index contributed by atoms with van der Waals surface area (Å²) < 4.78 is 0. The smallest absolute Gasteiger partial charge is 0.226 e. The Balaban J connectivity index is 2.58. The van der Waals surface area contributed by atoms with E-state index in [1.807, 2.05) is 0 Å². The first-order chi connectivity index (χ1) is 10.1. The molecule has 21 heavy (non-hydrogen) atoms. The van der Waals surface area contributed by atoms with Crippen LogP contribution in [0.5, 0.6) is 0 Å². The van der Waals surface area contributed by atoms with Gasteiger partial charge < -0.3 is 10.2 Å². The molecule has 2 rings (SSSR count). The largest absolute Gasteiger partial charge is 0.354 e. The summed E-state index contributed by atoms with van der Waals surface area (Å²) in [7, 11) is 0. The number of hydrogen-bond acceptors (Lipinski definition) is 5. The zero-order valence-corrected chi connectivity index (χ0v) is 14.5. The van der Waals surface area contributed by atoms with E-state index in [0.717, 1.165) is 42.5 Å². The van der Waals surface area contributed by atoms with Crippen molar-refractivity contribution in [3.05, 3.63) is 10.9 Å². The fourth-order valence-corrected chi connectivity index (χ4v) is 3.40. The molecule has 0 aliphatic rings. The van der Waals surface area contributed by atoms with Gasteiger partial charge in [0.25, 0.3) is 0 Å². The van der Waals surface area contributed by atoms with Crippen molar-refractivity contribution in [2.75, 3.05) is 23.3 Å². The van der Waals surface area contributed by atoms with E-state index in [9.17, 15) is 0 Å². The summed E-state index contributed by atoms with van der Waals surface area (Å²) in [6.45, 7) is 12.8. The molecule has 0 radical (unpaired) electrons. The maximum atomic E-state index is 4.79. The lowest BCUT2D eigenvalue weighted by atomic mass is 10.2. The molecular formula is C16H26N4S. The summed E-state index contributed by atoms with van der Waals surface area (Å²) in [5.74, 6) is 1.81. The molecular weight excluding hydrogens is 280 g/mol. The molecule has 0 atom stereocenters. The van der Waals surface area contributed by atoms with Crippen molar-refractivity contribution in [2.45, 2.75) is 53.5 Å². The fourth-order valence-electron chi connectivity index (χ4n) is 2.44. The number of hydrogen-bond donors (Lipinski definition) is 1. The van der Waals surface area contributed by atoms with Crippen LogP contribution in [0.4, 0.5) is 11.8 Å². The SMILES string of the molecule is CCCN(c1nc(NCC)nc2sc(CC)cc12)C(C)C. The summed E-state index contributed by atoms with van der Waals surface area (Å²) >= 11 is 1.78. The monoisotopic (exact) mass is 306 g/mol. The van der Waals surface area contributed by atoms with E-state index in [-0.39, 0.29) is 0 Å². The summed E-state index contributed by atoms with van der Waals surface area (Å²) in [6, 6.07) is 2.69. The quantitative estimate of drug-likeness (QED) is 0.827. The van der Waals surface area contributed by atoms with Crippen molar-refractivity contribution in [3.63, 3.8) is 0 Å². The minimum atomic E-state index is 0.433. The van der Waals surface area contributed by atoms with Crippen molar-refractivity contribution < 1.29 is 0 Å². The van der Waals surface area contributed by atoms with Crippen LogP contribution in [0.2, 0.25) is 0 Å². The molecule has 4 nitrogen and oxygen atoms in total. The molecule has 0 aromatic carbocycles. The summed E-state index contributed by atoms with van der Waals surface area (Å²) in [4.78, 5) is 14.3. The lowest BCUT2D eigenvalue weighted by Crippen LogP contribution is -2.32. The van der Waals surface area contributed by atoms with Crippen molar-refractivity contribution in [3.8, 4) is 0 Å². The highest BCUT2D eigenvalue weighted by Gasteiger charge is 2.18. The van der Waals surface area contributed by atoms with Crippen LogP contribution in [0.25, 0.3) is 10.2 Å². The van der Waals surface area contributed by atoms with Gasteiger partial charge in [0.1, 0.15) is 10.6 Å². The molecule has 0 bridgehead atoms. The van der Waals surface area contributed by atoms with Crippen LogP contribution in [0.15, 0.2) is 6.07 Å². The topological polar surface area (TPSA) is 41.1 Å². The van der Waals surface area contributed by atoms with Crippen molar-refractivity contribution >= 4 is 33.3 Å². The van der Waals surface area contributed by atoms with Gasteiger partial charge >= 0.3 is 0 Å². The normalized spacial score (nSPS) is 11.3. The Morgan fingerprint density at radius 3 is 2.57 bits per heavy atom. The van der Waals surface area contributed by atoms with Crippen molar-refractivity contribution in [2.24, 2.45) is 0 Å². The molecule has 0 spiro atoms. The molecule has 2 heterocycles. The first-order valence-electron chi connectivity index (χ1n) is 7.91. The molecule has 5 heteroatoms. The van der Waals surface area contributed by atoms with Gasteiger partial charge in [0.2, 0.25) is 5.95 Å². The van der Waals surface area contributed by atoms with Crippen LogP contribution in [-0.4, -0.2) is 29.1 Å². The predicted octanol–water partition coefficient (Wildman–Crippen LogP) is 4.31. The third kappa shape index (κ3) is 3.46. The van der Waals surface area contributed by atoms with Gasteiger partial charge in [-0.25, -0.2) is 4.98 Å². The van der Waals surface area contributed by atoms with Crippen LogP contribution in [0.3, 0.4) is 0 Å². The summed E-state index contributed by atoms with van der Waals surface area (Å²) in [5, 5.41) is 4.46. The highest BCUT2D eigenvalue weighted by molar-refractivity contribution is 7.18. The molecule has 116 valence electrons. The second-order valence-electron chi connectivity index (χ2n) is 5.47. The van der Waals surface area contributed by atoms with Gasteiger partial charge in [-0.2, -0.15) is 4.98 Å². The minimum Gasteiger partial charge on any atom is -0.354 e. The minimum absolute atomic E-state index is 0.433. The molecule has 0 aliphatic carbocycles. The number of rotatable bonds is 7. The van der Waals surface area contributed by atoms with Crippen LogP contribution >= 0.6 is 11.3 Å². The Bertz CT molecular complexity index is 591. The molecule has 0 amide bonds. The van der Waals surface area contributed by atoms with Crippen molar-refractivity contribution in [1.82, 2.24) is 9.97 Å². The average Bonchev–Trinajstić information content (AvgIpc) is 2.87. The standard InChI is InChI=1S/C16H26N4S/c1-6-9-20(11(4)5)14-13-10-12(7-2)21-15(13)19-16(18-14)17-8-3/h10-11H,6-9H2,1-5H3,(H,17,18,19). The van der Waals surface area contributed by atoms with Gasteiger partial charge in [0, 0.05) is 24.0 Å². The van der Waals surface area contributed by atoms with Crippen LogP contribution in [-0.2, 0) is 6.42 Å². The first-order valence-corrected chi connectivity index (χ1v) is 8.73. The molecule has 0 saturated carbocycles. The maximum Gasteiger partial charge on any atom is 0.226 e. The lowest BCUT2D eigenvalue weighted by molar-refractivity contribution is 0.664. The predicted molar refractivity (Wildman–Crippen MR) is 93.7 cm³/mol. The van der Waals surface area contributed by atoms with Gasteiger partial charge in [0.05, 0.1) is 5.39 Å². The first kappa shape index (κ1) is 16.0. The van der Waals surface area contributed by atoms with Gasteiger partial charge in [0.15, 0.2) is 0 Å². The maximum absolute atomic E-state index is 4.79. The van der Waals surface area contributed by atoms with Crippen LogP contribution in [0.1, 0.15) is 45.9 Å². The van der Waals surface area contributed by atoms with E-state index in [4.69, 9.17) is 4.98 Å². The highest BCUT2D eigenvalue weighted by atomic mass is 32.1. The molecule has 0 aliphatic heterocycles.